The third-order valence-electron chi connectivity index (χ3n) is 3.99. The first-order valence-electron chi connectivity index (χ1n) is 8.36. The summed E-state index contributed by atoms with van der Waals surface area (Å²) in [6, 6.07) is 19.2. The molecule has 1 aromatic heterocycles. The fourth-order valence-corrected chi connectivity index (χ4v) is 3.36. The summed E-state index contributed by atoms with van der Waals surface area (Å²) in [5, 5.41) is 4.97. The van der Waals surface area contributed by atoms with Gasteiger partial charge in [0.25, 0.3) is 5.91 Å². The highest BCUT2D eigenvalue weighted by Crippen LogP contribution is 2.27. The van der Waals surface area contributed by atoms with E-state index in [4.69, 9.17) is 9.47 Å². The predicted octanol–water partition coefficient (Wildman–Crippen LogP) is 4.83. The summed E-state index contributed by atoms with van der Waals surface area (Å²) >= 11 is 1.42. The second kappa shape index (κ2) is 8.54. The highest BCUT2D eigenvalue weighted by Gasteiger charge is 2.14. The molecule has 1 N–H and O–H groups in total. The lowest BCUT2D eigenvalue weighted by molar-refractivity contribution is 0.0944. The lowest BCUT2D eigenvalue weighted by Gasteiger charge is -2.13. The first-order chi connectivity index (χ1) is 12.7. The van der Waals surface area contributed by atoms with E-state index in [-0.39, 0.29) is 11.9 Å². The topological polar surface area (TPSA) is 47.6 Å². The Kier molecular flexibility index (Phi) is 5.92. The summed E-state index contributed by atoms with van der Waals surface area (Å²) in [4.78, 5) is 13.1. The Balaban J connectivity index is 1.59. The zero-order chi connectivity index (χ0) is 18.4. The zero-order valence-electron chi connectivity index (χ0n) is 14.8. The van der Waals surface area contributed by atoms with Crippen LogP contribution in [-0.4, -0.2) is 13.0 Å². The summed E-state index contributed by atoms with van der Waals surface area (Å²) in [5.74, 6) is 1.30. The Hall–Kier alpha value is -2.79. The van der Waals surface area contributed by atoms with Crippen molar-refractivity contribution < 1.29 is 14.3 Å². The van der Waals surface area contributed by atoms with Crippen molar-refractivity contribution in [1.82, 2.24) is 5.32 Å². The number of para-hydroxylation sites is 2. The Morgan fingerprint density at radius 3 is 2.50 bits per heavy atom. The number of carbonyl (C=O) groups is 1. The first kappa shape index (κ1) is 18.0. The van der Waals surface area contributed by atoms with Gasteiger partial charge in [-0.25, -0.2) is 0 Å². The number of hydrogen-bond acceptors (Lipinski definition) is 4. The maximum absolute atomic E-state index is 12.5. The van der Waals surface area contributed by atoms with Gasteiger partial charge in [-0.1, -0.05) is 42.5 Å². The van der Waals surface area contributed by atoms with Gasteiger partial charge in [0.15, 0.2) is 11.5 Å². The molecule has 1 unspecified atom stereocenters. The lowest BCUT2D eigenvalue weighted by atomic mass is 10.1. The second-order valence-electron chi connectivity index (χ2n) is 5.86. The molecule has 5 heteroatoms. The summed E-state index contributed by atoms with van der Waals surface area (Å²) in [6.07, 6.45) is 0. The van der Waals surface area contributed by atoms with Crippen LogP contribution in [0.25, 0.3) is 0 Å². The number of ether oxygens (including phenoxy) is 2. The van der Waals surface area contributed by atoms with Gasteiger partial charge in [0.2, 0.25) is 0 Å². The van der Waals surface area contributed by atoms with Crippen LogP contribution < -0.4 is 14.8 Å². The minimum absolute atomic E-state index is 0.0425. The maximum atomic E-state index is 12.5. The molecule has 1 heterocycles. The Bertz CT molecular complexity index is 860. The van der Waals surface area contributed by atoms with E-state index in [1.807, 2.05) is 73.0 Å². The van der Waals surface area contributed by atoms with Crippen molar-refractivity contribution in [1.29, 1.82) is 0 Å². The summed E-state index contributed by atoms with van der Waals surface area (Å²) in [5.41, 5.74) is 2.04. The molecule has 0 spiro atoms. The van der Waals surface area contributed by atoms with Gasteiger partial charge in [-0.15, -0.1) is 11.3 Å². The summed E-state index contributed by atoms with van der Waals surface area (Å²) in [7, 11) is 1.61. The van der Waals surface area contributed by atoms with Crippen molar-refractivity contribution in [2.45, 2.75) is 19.6 Å². The largest absolute Gasteiger partial charge is 0.493 e. The number of thiophene rings is 1. The number of nitrogens with one attached hydrogen (secondary N) is 1. The molecule has 0 radical (unpaired) electrons. The van der Waals surface area contributed by atoms with Crippen LogP contribution in [0.1, 0.15) is 33.8 Å². The molecule has 0 saturated carbocycles. The number of hydrogen-bond donors (Lipinski definition) is 1. The molecule has 0 fully saturated rings. The number of carbonyl (C=O) groups excluding carboxylic acids is 1. The molecule has 0 saturated heterocycles. The molecular formula is C21H21NO3S. The molecule has 4 nitrogen and oxygen atoms in total. The minimum atomic E-state index is -0.0742. The number of methoxy groups -OCH3 is 1. The standard InChI is InChI=1S/C21H21NO3S/c1-15(17-8-4-3-5-9-17)22-21(23)20-12-16(14-26-20)13-25-19-11-7-6-10-18(19)24-2/h3-12,14-15H,13H2,1-2H3,(H,22,23). The lowest BCUT2D eigenvalue weighted by Crippen LogP contribution is -2.25. The molecule has 134 valence electrons. The normalized spacial score (nSPS) is 11.6. The summed E-state index contributed by atoms with van der Waals surface area (Å²) in [6.45, 7) is 2.37. The average Bonchev–Trinajstić information content (AvgIpc) is 3.16. The van der Waals surface area contributed by atoms with Gasteiger partial charge in [-0.2, -0.15) is 0 Å². The van der Waals surface area contributed by atoms with Crippen LogP contribution in [0.5, 0.6) is 11.5 Å². The summed E-state index contributed by atoms with van der Waals surface area (Å²) < 4.78 is 11.1. The van der Waals surface area contributed by atoms with E-state index in [2.05, 4.69) is 5.32 Å². The fraction of sp³-hybridized carbons (Fsp3) is 0.190. The smallest absolute Gasteiger partial charge is 0.261 e. The van der Waals surface area contributed by atoms with Crippen molar-refractivity contribution in [2.75, 3.05) is 7.11 Å². The highest BCUT2D eigenvalue weighted by molar-refractivity contribution is 7.12. The highest BCUT2D eigenvalue weighted by atomic mass is 32.1. The van der Waals surface area contributed by atoms with Gasteiger partial charge in [-0.05, 0) is 36.1 Å². The van der Waals surface area contributed by atoms with Gasteiger partial charge in [0.05, 0.1) is 18.0 Å². The molecule has 0 aliphatic carbocycles. The SMILES string of the molecule is COc1ccccc1OCc1csc(C(=O)NC(C)c2ccccc2)c1. The Labute approximate surface area is 157 Å². The number of benzene rings is 2. The van der Waals surface area contributed by atoms with Gasteiger partial charge in [0.1, 0.15) is 6.61 Å². The van der Waals surface area contributed by atoms with Crippen LogP contribution in [0.2, 0.25) is 0 Å². The van der Waals surface area contributed by atoms with Crippen LogP contribution in [0.3, 0.4) is 0 Å². The van der Waals surface area contributed by atoms with E-state index < -0.39 is 0 Å². The molecular weight excluding hydrogens is 346 g/mol. The average molecular weight is 367 g/mol. The predicted molar refractivity (Wildman–Crippen MR) is 104 cm³/mol. The van der Waals surface area contributed by atoms with Crippen LogP contribution in [0.4, 0.5) is 0 Å². The van der Waals surface area contributed by atoms with Crippen LogP contribution in [-0.2, 0) is 6.61 Å². The number of rotatable bonds is 7. The quantitative estimate of drug-likeness (QED) is 0.651. The maximum Gasteiger partial charge on any atom is 0.261 e. The molecule has 26 heavy (non-hydrogen) atoms. The monoisotopic (exact) mass is 367 g/mol. The Morgan fingerprint density at radius 2 is 1.77 bits per heavy atom. The van der Waals surface area contributed by atoms with Crippen LogP contribution >= 0.6 is 11.3 Å². The fourth-order valence-electron chi connectivity index (χ4n) is 2.56. The first-order valence-corrected chi connectivity index (χ1v) is 9.24. The van der Waals surface area contributed by atoms with Gasteiger partial charge < -0.3 is 14.8 Å². The molecule has 2 aromatic carbocycles. The van der Waals surface area contributed by atoms with Gasteiger partial charge >= 0.3 is 0 Å². The van der Waals surface area contributed by atoms with Crippen molar-refractivity contribution in [3.8, 4) is 11.5 Å². The van der Waals surface area contributed by atoms with Crippen molar-refractivity contribution in [3.63, 3.8) is 0 Å². The number of amides is 1. The van der Waals surface area contributed by atoms with Crippen molar-refractivity contribution in [3.05, 3.63) is 82.0 Å². The van der Waals surface area contributed by atoms with Gasteiger partial charge in [0, 0.05) is 5.56 Å². The van der Waals surface area contributed by atoms with E-state index >= 15 is 0 Å². The third kappa shape index (κ3) is 4.43. The third-order valence-corrected chi connectivity index (χ3v) is 4.97. The minimum Gasteiger partial charge on any atom is -0.493 e. The van der Waals surface area contributed by atoms with Crippen LogP contribution in [0.15, 0.2) is 66.0 Å². The second-order valence-corrected chi connectivity index (χ2v) is 6.78. The van der Waals surface area contributed by atoms with Crippen molar-refractivity contribution >= 4 is 17.2 Å². The van der Waals surface area contributed by atoms with E-state index in [1.165, 1.54) is 11.3 Å². The van der Waals surface area contributed by atoms with Crippen LogP contribution in [0, 0.1) is 0 Å². The van der Waals surface area contributed by atoms with Gasteiger partial charge in [-0.3, -0.25) is 4.79 Å². The van der Waals surface area contributed by atoms with E-state index in [0.717, 1.165) is 11.1 Å². The molecule has 1 atom stereocenters. The van der Waals surface area contributed by atoms with Crippen molar-refractivity contribution in [2.24, 2.45) is 0 Å². The molecule has 0 aliphatic rings. The molecule has 3 aromatic rings. The molecule has 3 rings (SSSR count). The molecule has 1 amide bonds. The van der Waals surface area contributed by atoms with E-state index in [0.29, 0.717) is 23.0 Å². The van der Waals surface area contributed by atoms with E-state index in [1.54, 1.807) is 7.11 Å². The van der Waals surface area contributed by atoms with E-state index in [9.17, 15) is 4.79 Å². The molecule has 0 aliphatic heterocycles. The molecule has 0 bridgehead atoms. The Morgan fingerprint density at radius 1 is 1.08 bits per heavy atom. The zero-order valence-corrected chi connectivity index (χ0v) is 15.6.